The van der Waals surface area contributed by atoms with Crippen LogP contribution in [0, 0.1) is 5.92 Å². The minimum atomic E-state index is -0.542. The lowest BCUT2D eigenvalue weighted by Gasteiger charge is -2.20. The van der Waals surface area contributed by atoms with Crippen LogP contribution in [-0.2, 0) is 4.79 Å². The number of benzene rings is 1. The van der Waals surface area contributed by atoms with Gasteiger partial charge in [0.25, 0.3) is 5.91 Å². The Balaban J connectivity index is 0.00000529. The third-order valence-corrected chi connectivity index (χ3v) is 3.54. The summed E-state index contributed by atoms with van der Waals surface area (Å²) in [7, 11) is 0. The van der Waals surface area contributed by atoms with Crippen LogP contribution in [0.4, 0.5) is 0 Å². The zero-order valence-corrected chi connectivity index (χ0v) is 16.0. The van der Waals surface area contributed by atoms with E-state index < -0.39 is 6.04 Å². The van der Waals surface area contributed by atoms with Gasteiger partial charge in [0.2, 0.25) is 5.91 Å². The standard InChI is InChI=1S/C17H26ClN3O2.ClH/c1-4-19-9-10-20-17(23)15(11-12(2)3)21-16(22)13-5-7-14(18)8-6-13;/h5-8,12,15,19H,4,9-11H2,1-3H3,(H,20,23)(H,21,22);1H. The summed E-state index contributed by atoms with van der Waals surface area (Å²) in [5, 5.41) is 9.37. The topological polar surface area (TPSA) is 70.2 Å². The largest absolute Gasteiger partial charge is 0.353 e. The molecule has 0 aliphatic rings. The van der Waals surface area contributed by atoms with Crippen molar-refractivity contribution in [3.63, 3.8) is 0 Å². The Kier molecular flexibility index (Phi) is 11.5. The van der Waals surface area contributed by atoms with Crippen molar-refractivity contribution in [2.24, 2.45) is 5.92 Å². The molecule has 0 saturated heterocycles. The molecule has 136 valence electrons. The highest BCUT2D eigenvalue weighted by Crippen LogP contribution is 2.11. The monoisotopic (exact) mass is 375 g/mol. The van der Waals surface area contributed by atoms with Crippen molar-refractivity contribution >= 4 is 35.8 Å². The zero-order chi connectivity index (χ0) is 17.2. The van der Waals surface area contributed by atoms with Gasteiger partial charge in [-0.15, -0.1) is 12.4 Å². The van der Waals surface area contributed by atoms with E-state index in [0.29, 0.717) is 36.0 Å². The van der Waals surface area contributed by atoms with Gasteiger partial charge in [-0.2, -0.15) is 0 Å². The molecule has 1 aromatic carbocycles. The highest BCUT2D eigenvalue weighted by molar-refractivity contribution is 6.30. The SMILES string of the molecule is CCNCCNC(=O)C(CC(C)C)NC(=O)c1ccc(Cl)cc1.Cl. The Bertz CT molecular complexity index is 507. The Morgan fingerprint density at radius 1 is 1.12 bits per heavy atom. The van der Waals surface area contributed by atoms with Gasteiger partial charge in [0.15, 0.2) is 0 Å². The second-order valence-electron chi connectivity index (χ2n) is 5.81. The van der Waals surface area contributed by atoms with Gasteiger partial charge in [-0.05, 0) is 43.1 Å². The number of nitrogens with one attached hydrogen (secondary N) is 3. The molecule has 0 aliphatic carbocycles. The molecule has 1 atom stereocenters. The second kappa shape index (κ2) is 12.1. The maximum absolute atomic E-state index is 12.3. The lowest BCUT2D eigenvalue weighted by atomic mass is 10.0. The molecular formula is C17H27Cl2N3O2. The number of hydrogen-bond acceptors (Lipinski definition) is 3. The molecule has 0 heterocycles. The molecule has 24 heavy (non-hydrogen) atoms. The summed E-state index contributed by atoms with van der Waals surface area (Å²) in [4.78, 5) is 24.6. The van der Waals surface area contributed by atoms with Crippen molar-refractivity contribution in [1.82, 2.24) is 16.0 Å². The van der Waals surface area contributed by atoms with Gasteiger partial charge in [-0.3, -0.25) is 9.59 Å². The summed E-state index contributed by atoms with van der Waals surface area (Å²) < 4.78 is 0. The number of amides is 2. The molecule has 0 fully saturated rings. The van der Waals surface area contributed by atoms with E-state index in [1.54, 1.807) is 24.3 Å². The number of carbonyl (C=O) groups is 2. The Hall–Kier alpha value is -1.30. The van der Waals surface area contributed by atoms with Crippen molar-refractivity contribution in [2.45, 2.75) is 33.2 Å². The Morgan fingerprint density at radius 3 is 2.29 bits per heavy atom. The first-order valence-corrected chi connectivity index (χ1v) is 8.36. The van der Waals surface area contributed by atoms with E-state index in [-0.39, 0.29) is 24.2 Å². The second-order valence-corrected chi connectivity index (χ2v) is 6.24. The van der Waals surface area contributed by atoms with Crippen molar-refractivity contribution in [3.8, 4) is 0 Å². The summed E-state index contributed by atoms with van der Waals surface area (Å²) in [5.74, 6) is -0.127. The fourth-order valence-electron chi connectivity index (χ4n) is 2.12. The van der Waals surface area contributed by atoms with E-state index in [1.165, 1.54) is 0 Å². The summed E-state index contributed by atoms with van der Waals surface area (Å²) in [6, 6.07) is 6.06. The van der Waals surface area contributed by atoms with Crippen molar-refractivity contribution in [1.29, 1.82) is 0 Å². The quantitative estimate of drug-likeness (QED) is 0.581. The average Bonchev–Trinajstić information content (AvgIpc) is 2.50. The lowest BCUT2D eigenvalue weighted by Crippen LogP contribution is -2.48. The first kappa shape index (κ1) is 22.7. The first-order chi connectivity index (χ1) is 10.9. The van der Waals surface area contributed by atoms with Gasteiger partial charge in [0.1, 0.15) is 6.04 Å². The molecule has 7 heteroatoms. The maximum Gasteiger partial charge on any atom is 0.251 e. The molecular weight excluding hydrogens is 349 g/mol. The van der Waals surface area contributed by atoms with E-state index in [2.05, 4.69) is 16.0 Å². The molecule has 5 nitrogen and oxygen atoms in total. The fraction of sp³-hybridized carbons (Fsp3) is 0.529. The molecule has 0 aliphatic heterocycles. The molecule has 0 bridgehead atoms. The lowest BCUT2D eigenvalue weighted by molar-refractivity contribution is -0.123. The third-order valence-electron chi connectivity index (χ3n) is 3.29. The minimum absolute atomic E-state index is 0. The van der Waals surface area contributed by atoms with Crippen LogP contribution in [0.1, 0.15) is 37.6 Å². The summed E-state index contributed by atoms with van der Waals surface area (Å²) in [5.41, 5.74) is 0.489. The van der Waals surface area contributed by atoms with Crippen LogP contribution in [-0.4, -0.2) is 37.5 Å². The minimum Gasteiger partial charge on any atom is -0.353 e. The predicted molar refractivity (Wildman–Crippen MR) is 101 cm³/mol. The summed E-state index contributed by atoms with van der Waals surface area (Å²) >= 11 is 5.82. The van der Waals surface area contributed by atoms with Gasteiger partial charge in [-0.25, -0.2) is 0 Å². The van der Waals surface area contributed by atoms with Crippen LogP contribution in [0.15, 0.2) is 24.3 Å². The first-order valence-electron chi connectivity index (χ1n) is 7.98. The van der Waals surface area contributed by atoms with Gasteiger partial charge in [0, 0.05) is 23.7 Å². The molecule has 3 N–H and O–H groups in total. The normalized spacial score (nSPS) is 11.5. The van der Waals surface area contributed by atoms with Gasteiger partial charge >= 0.3 is 0 Å². The Labute approximate surface area is 155 Å². The average molecular weight is 376 g/mol. The van der Waals surface area contributed by atoms with Crippen LogP contribution in [0.25, 0.3) is 0 Å². The Morgan fingerprint density at radius 2 is 1.75 bits per heavy atom. The molecule has 2 amide bonds. The van der Waals surface area contributed by atoms with Gasteiger partial charge < -0.3 is 16.0 Å². The van der Waals surface area contributed by atoms with Crippen LogP contribution in [0.5, 0.6) is 0 Å². The number of likely N-dealkylation sites (N-methyl/N-ethyl adjacent to an activating group) is 1. The number of rotatable bonds is 9. The van der Waals surface area contributed by atoms with Crippen LogP contribution in [0.2, 0.25) is 5.02 Å². The fourth-order valence-corrected chi connectivity index (χ4v) is 2.25. The van der Waals surface area contributed by atoms with E-state index in [9.17, 15) is 9.59 Å². The van der Waals surface area contributed by atoms with Crippen molar-refractivity contribution in [3.05, 3.63) is 34.9 Å². The molecule has 1 unspecified atom stereocenters. The highest BCUT2D eigenvalue weighted by Gasteiger charge is 2.22. The van der Waals surface area contributed by atoms with Crippen molar-refractivity contribution in [2.75, 3.05) is 19.6 Å². The van der Waals surface area contributed by atoms with Crippen LogP contribution < -0.4 is 16.0 Å². The molecule has 1 rings (SSSR count). The van der Waals surface area contributed by atoms with Gasteiger partial charge in [-0.1, -0.05) is 32.4 Å². The summed E-state index contributed by atoms with van der Waals surface area (Å²) in [6.45, 7) is 8.16. The third kappa shape index (κ3) is 8.52. The molecule has 0 aromatic heterocycles. The maximum atomic E-state index is 12.3. The van der Waals surface area contributed by atoms with E-state index in [1.807, 2.05) is 20.8 Å². The molecule has 1 aromatic rings. The van der Waals surface area contributed by atoms with E-state index in [4.69, 9.17) is 11.6 Å². The smallest absolute Gasteiger partial charge is 0.251 e. The van der Waals surface area contributed by atoms with Crippen LogP contribution >= 0.6 is 24.0 Å². The zero-order valence-electron chi connectivity index (χ0n) is 14.4. The molecule has 0 spiro atoms. The predicted octanol–water partition coefficient (Wildman–Crippen LogP) is 2.63. The number of carbonyl (C=O) groups excluding carboxylic acids is 2. The number of halogens is 2. The van der Waals surface area contributed by atoms with Gasteiger partial charge in [0.05, 0.1) is 0 Å². The number of hydrogen-bond donors (Lipinski definition) is 3. The van der Waals surface area contributed by atoms with E-state index >= 15 is 0 Å². The highest BCUT2D eigenvalue weighted by atomic mass is 35.5. The van der Waals surface area contributed by atoms with Crippen LogP contribution in [0.3, 0.4) is 0 Å². The van der Waals surface area contributed by atoms with E-state index in [0.717, 1.165) is 6.54 Å². The molecule has 0 radical (unpaired) electrons. The summed E-state index contributed by atoms with van der Waals surface area (Å²) in [6.07, 6.45) is 0.590. The van der Waals surface area contributed by atoms with Crippen molar-refractivity contribution < 1.29 is 9.59 Å². The molecule has 0 saturated carbocycles.